The van der Waals surface area contributed by atoms with Crippen LogP contribution < -0.4 is 10.4 Å². The first-order valence-corrected chi connectivity index (χ1v) is 8.39. The Kier molecular flexibility index (Phi) is 5.23. The molecule has 3 aromatic rings. The van der Waals surface area contributed by atoms with Crippen molar-refractivity contribution in [2.75, 3.05) is 0 Å². The third kappa shape index (κ3) is 3.94. The summed E-state index contributed by atoms with van der Waals surface area (Å²) in [5, 5.41) is 17.9. The maximum absolute atomic E-state index is 4.07. The molecule has 0 saturated carbocycles. The Morgan fingerprint density at radius 3 is 2.68 bits per heavy atom. The van der Waals surface area contributed by atoms with Gasteiger partial charge in [0.2, 0.25) is 0 Å². The Morgan fingerprint density at radius 2 is 1.88 bits per heavy atom. The summed E-state index contributed by atoms with van der Waals surface area (Å²) in [5.41, 5.74) is 4.17. The molecule has 5 heteroatoms. The molecule has 1 aliphatic rings. The van der Waals surface area contributed by atoms with Gasteiger partial charge in [-0.3, -0.25) is 0 Å². The first-order valence-electron chi connectivity index (χ1n) is 8.39. The fraction of sp³-hybridized carbons (Fsp3) is 0.250. The van der Waals surface area contributed by atoms with E-state index in [1.807, 2.05) is 37.5 Å². The Bertz CT molecular complexity index is 1020. The van der Waals surface area contributed by atoms with Crippen LogP contribution in [0.3, 0.4) is 0 Å². The number of hydrogen-bond donors (Lipinski definition) is 0. The van der Waals surface area contributed by atoms with E-state index < -0.39 is 0 Å². The Morgan fingerprint density at radius 1 is 1.04 bits per heavy atom. The van der Waals surface area contributed by atoms with Gasteiger partial charge in [0.25, 0.3) is 0 Å². The molecule has 5 nitrogen and oxygen atoms in total. The highest BCUT2D eigenvalue weighted by Gasteiger charge is 2.02. The highest BCUT2D eigenvalue weighted by molar-refractivity contribution is 5.76. The van der Waals surface area contributed by atoms with Gasteiger partial charge < -0.3 is 0 Å². The van der Waals surface area contributed by atoms with Gasteiger partial charge >= 0.3 is 0 Å². The van der Waals surface area contributed by atoms with Crippen LogP contribution >= 0.6 is 0 Å². The highest BCUT2D eigenvalue weighted by Crippen LogP contribution is 2.10. The van der Waals surface area contributed by atoms with Crippen LogP contribution in [0.1, 0.15) is 25.8 Å². The fourth-order valence-corrected chi connectivity index (χ4v) is 2.74. The van der Waals surface area contributed by atoms with Gasteiger partial charge in [0, 0.05) is 10.4 Å². The fourth-order valence-electron chi connectivity index (χ4n) is 2.74. The van der Waals surface area contributed by atoms with Crippen molar-refractivity contribution < 1.29 is 0 Å². The molecule has 2 aromatic heterocycles. The van der Waals surface area contributed by atoms with Gasteiger partial charge in [-0.05, 0) is 43.4 Å². The normalized spacial score (nSPS) is 15.6. The van der Waals surface area contributed by atoms with Crippen molar-refractivity contribution >= 4 is 22.7 Å². The van der Waals surface area contributed by atoms with Gasteiger partial charge in [-0.1, -0.05) is 37.3 Å². The molecule has 1 unspecified atom stereocenters. The van der Waals surface area contributed by atoms with Gasteiger partial charge in [0.15, 0.2) is 0 Å². The summed E-state index contributed by atoms with van der Waals surface area (Å²) in [7, 11) is 0. The minimum atomic E-state index is 0.524. The van der Waals surface area contributed by atoms with E-state index in [0.29, 0.717) is 5.92 Å². The van der Waals surface area contributed by atoms with Crippen molar-refractivity contribution in [3.63, 3.8) is 0 Å². The minimum absolute atomic E-state index is 0.524. The van der Waals surface area contributed by atoms with E-state index in [4.69, 9.17) is 0 Å². The van der Waals surface area contributed by atoms with Crippen molar-refractivity contribution in [2.24, 2.45) is 5.92 Å². The molecule has 25 heavy (non-hydrogen) atoms. The molecular weight excluding hydrogens is 310 g/mol. The van der Waals surface area contributed by atoms with E-state index >= 15 is 0 Å². The number of rotatable bonds is 1. The third-order valence-electron chi connectivity index (χ3n) is 4.27. The molecule has 1 aliphatic carbocycles. The Hall–Kier alpha value is -2.95. The molecule has 0 amide bonds. The number of fused-ring (bicyclic) bond motifs is 2. The zero-order valence-corrected chi connectivity index (χ0v) is 14.7. The summed E-state index contributed by atoms with van der Waals surface area (Å²) < 4.78 is 0. The predicted molar refractivity (Wildman–Crippen MR) is 99.8 cm³/mol. The molecule has 0 fully saturated rings. The topological polar surface area (TPSA) is 64.5 Å². The van der Waals surface area contributed by atoms with E-state index in [9.17, 15) is 0 Å². The average molecular weight is 331 g/mol. The summed E-state index contributed by atoms with van der Waals surface area (Å²) in [6, 6.07) is 5.89. The van der Waals surface area contributed by atoms with Crippen LogP contribution in [0.2, 0.25) is 0 Å². The summed E-state index contributed by atoms with van der Waals surface area (Å²) in [4.78, 5) is 4.07. The number of nitrogens with zero attached hydrogens (tertiary/aromatic N) is 5. The minimum Gasteiger partial charge on any atom is -0.233 e. The summed E-state index contributed by atoms with van der Waals surface area (Å²) >= 11 is 0. The SMILES string of the molecule is CCC1C=CC(C)=c2cnncc2=C1.Cc1cccc2ncnnc12. The molecule has 1 atom stereocenters. The maximum Gasteiger partial charge on any atom is 0.138 e. The van der Waals surface area contributed by atoms with E-state index in [1.165, 1.54) is 22.3 Å². The Labute approximate surface area is 146 Å². The van der Waals surface area contributed by atoms with E-state index in [2.05, 4.69) is 57.5 Å². The molecule has 2 heterocycles. The molecule has 0 radical (unpaired) electrons. The van der Waals surface area contributed by atoms with Crippen LogP contribution in [-0.4, -0.2) is 25.4 Å². The molecule has 0 saturated heterocycles. The number of allylic oxidation sites excluding steroid dienone is 2. The van der Waals surface area contributed by atoms with Crippen LogP contribution in [0.25, 0.3) is 22.7 Å². The lowest BCUT2D eigenvalue weighted by Gasteiger charge is -1.99. The van der Waals surface area contributed by atoms with Crippen molar-refractivity contribution in [3.8, 4) is 0 Å². The lowest BCUT2D eigenvalue weighted by atomic mass is 10.1. The summed E-state index contributed by atoms with van der Waals surface area (Å²) in [6.45, 7) is 6.31. The van der Waals surface area contributed by atoms with Gasteiger partial charge in [-0.2, -0.15) is 10.2 Å². The number of hydrogen-bond acceptors (Lipinski definition) is 5. The second-order valence-electron chi connectivity index (χ2n) is 6.04. The smallest absolute Gasteiger partial charge is 0.138 e. The molecule has 0 N–H and O–H groups in total. The molecular formula is C20H21N5. The third-order valence-corrected chi connectivity index (χ3v) is 4.27. The molecule has 0 aliphatic heterocycles. The first-order chi connectivity index (χ1) is 12.2. The number of aromatic nitrogens is 5. The number of aryl methyl sites for hydroxylation is 1. The van der Waals surface area contributed by atoms with Gasteiger partial charge in [0.1, 0.15) is 11.8 Å². The van der Waals surface area contributed by atoms with E-state index in [-0.39, 0.29) is 0 Å². The molecule has 1 aromatic carbocycles. The second-order valence-corrected chi connectivity index (χ2v) is 6.04. The molecule has 0 bridgehead atoms. The first kappa shape index (κ1) is 16.9. The monoisotopic (exact) mass is 331 g/mol. The molecule has 4 rings (SSSR count). The highest BCUT2D eigenvalue weighted by atomic mass is 15.1. The van der Waals surface area contributed by atoms with Crippen LogP contribution in [0.5, 0.6) is 0 Å². The summed E-state index contributed by atoms with van der Waals surface area (Å²) in [6.07, 6.45) is 13.0. The van der Waals surface area contributed by atoms with Crippen LogP contribution in [0.15, 0.2) is 49.1 Å². The van der Waals surface area contributed by atoms with Crippen molar-refractivity contribution in [1.29, 1.82) is 0 Å². The zero-order valence-electron chi connectivity index (χ0n) is 14.7. The van der Waals surface area contributed by atoms with Crippen LogP contribution in [-0.2, 0) is 0 Å². The average Bonchev–Trinajstić information content (AvgIpc) is 2.82. The second kappa shape index (κ2) is 7.75. The lowest BCUT2D eigenvalue weighted by Crippen LogP contribution is -2.27. The van der Waals surface area contributed by atoms with Crippen molar-refractivity contribution in [3.05, 3.63) is 65.1 Å². The van der Waals surface area contributed by atoms with Gasteiger partial charge in [-0.25, -0.2) is 4.98 Å². The van der Waals surface area contributed by atoms with Gasteiger partial charge in [-0.15, -0.1) is 10.2 Å². The lowest BCUT2D eigenvalue weighted by molar-refractivity contribution is 0.811. The van der Waals surface area contributed by atoms with E-state index in [1.54, 1.807) is 0 Å². The van der Waals surface area contributed by atoms with Crippen LogP contribution in [0, 0.1) is 12.8 Å². The van der Waals surface area contributed by atoms with Crippen molar-refractivity contribution in [2.45, 2.75) is 27.2 Å². The zero-order chi connectivity index (χ0) is 17.6. The van der Waals surface area contributed by atoms with E-state index in [0.717, 1.165) is 23.0 Å². The largest absolute Gasteiger partial charge is 0.233 e. The maximum atomic E-state index is 4.07. The van der Waals surface area contributed by atoms with Crippen molar-refractivity contribution in [1.82, 2.24) is 25.4 Å². The Balaban J connectivity index is 0.000000150. The molecule has 0 spiro atoms. The standard InChI is InChI=1S/C12H14N2.C8H7N3/c1-3-10-5-4-9(2)12-8-14-13-7-11(12)6-10;1-6-3-2-4-7-8(6)11-10-5-9-7/h4-8,10H,3H2,1-2H3;2-5H,1H3. The number of benzene rings is 1. The molecule has 126 valence electrons. The van der Waals surface area contributed by atoms with Crippen LogP contribution in [0.4, 0.5) is 0 Å². The summed E-state index contributed by atoms with van der Waals surface area (Å²) in [5.74, 6) is 0.524. The van der Waals surface area contributed by atoms with Gasteiger partial charge in [0.05, 0.1) is 17.9 Å². The predicted octanol–water partition coefficient (Wildman–Crippen LogP) is 2.36. The quantitative estimate of drug-likeness (QED) is 0.685.